The Hall–Kier alpha value is -5.76. The third-order valence-corrected chi connectivity index (χ3v) is 9.67. The molecule has 2 saturated carbocycles. The van der Waals surface area contributed by atoms with Crippen LogP contribution in [0, 0.1) is 11.3 Å². The summed E-state index contributed by atoms with van der Waals surface area (Å²) in [5.41, 5.74) is -11.5. The van der Waals surface area contributed by atoms with Crippen molar-refractivity contribution in [1.29, 1.82) is 5.26 Å². The van der Waals surface area contributed by atoms with Crippen molar-refractivity contribution in [3.05, 3.63) is 76.0 Å². The van der Waals surface area contributed by atoms with Crippen LogP contribution >= 0.6 is 23.2 Å². The normalized spacial score (nSPS) is 17.8. The Balaban J connectivity index is 1.41. The highest BCUT2D eigenvalue weighted by molar-refractivity contribution is 6.34. The molecule has 1 aromatic heterocycles. The number of benzene rings is 2. The molecule has 2 atom stereocenters. The number of aliphatic carboxylic acids is 1. The van der Waals surface area contributed by atoms with Gasteiger partial charge in [0.05, 0.1) is 27.9 Å². The van der Waals surface area contributed by atoms with Gasteiger partial charge in [0, 0.05) is 29.5 Å². The number of alkyl halides is 10. The molecule has 2 aliphatic rings. The lowest BCUT2D eigenvalue weighted by atomic mass is 9.93. The molecular formula is C35H24Cl2F10N4O9. The van der Waals surface area contributed by atoms with E-state index in [0.717, 1.165) is 23.4 Å². The SMILES string of the molecule is N#CC1(N(COC(=O)OC2CCCC2OC(=O)/C=C/C(=O)O)C(=O)c2cc(-c3cnn(-c4c(Cl)cc(C(F)(C(F)(F)F)C(F)(F)F)cc4OC(F)(F)F)c3)ccc2Cl)CC1. The number of carboxylic acids is 1. The van der Waals surface area contributed by atoms with Crippen LogP contribution in [0.4, 0.5) is 48.7 Å². The van der Waals surface area contributed by atoms with E-state index in [1.54, 1.807) is 0 Å². The Morgan fingerprint density at radius 3 is 2.12 bits per heavy atom. The van der Waals surface area contributed by atoms with Gasteiger partial charge in [0.1, 0.15) is 23.4 Å². The molecule has 25 heteroatoms. The summed E-state index contributed by atoms with van der Waals surface area (Å²) >= 11 is 12.2. The average Bonchev–Trinajstić information content (AvgIpc) is 3.56. The summed E-state index contributed by atoms with van der Waals surface area (Å²) in [5.74, 6) is -5.21. The number of rotatable bonds is 12. The Morgan fingerprint density at radius 2 is 1.55 bits per heavy atom. The first-order valence-electron chi connectivity index (χ1n) is 16.8. The highest BCUT2D eigenvalue weighted by atomic mass is 35.5. The average molecular weight is 905 g/mol. The molecule has 13 nitrogen and oxygen atoms in total. The van der Waals surface area contributed by atoms with Gasteiger partial charge in [-0.1, -0.05) is 29.3 Å². The Kier molecular flexibility index (Phi) is 12.6. The topological polar surface area (TPSA) is 170 Å². The molecule has 0 spiro atoms. The molecule has 2 unspecified atom stereocenters. The smallest absolute Gasteiger partial charge is 0.478 e. The first kappa shape index (κ1) is 45.3. The molecular weight excluding hydrogens is 881 g/mol. The first-order chi connectivity index (χ1) is 27.8. The van der Waals surface area contributed by atoms with E-state index >= 15 is 0 Å². The molecule has 2 fully saturated rings. The van der Waals surface area contributed by atoms with E-state index in [9.17, 15) is 68.3 Å². The molecule has 60 heavy (non-hydrogen) atoms. The number of hydrogen-bond acceptors (Lipinski definition) is 10. The quantitative estimate of drug-likeness (QED) is 0.0798. The summed E-state index contributed by atoms with van der Waals surface area (Å²) < 4.78 is 156. The predicted octanol–water partition coefficient (Wildman–Crippen LogP) is 8.75. The zero-order valence-electron chi connectivity index (χ0n) is 29.6. The van der Waals surface area contributed by atoms with Gasteiger partial charge in [-0.3, -0.25) is 9.69 Å². The number of aromatic nitrogens is 2. The summed E-state index contributed by atoms with van der Waals surface area (Å²) in [4.78, 5) is 50.1. The molecule has 1 amide bonds. The Labute approximate surface area is 339 Å². The number of ether oxygens (including phenoxy) is 4. The van der Waals surface area contributed by atoms with Crippen LogP contribution in [-0.2, 0) is 29.5 Å². The van der Waals surface area contributed by atoms with Gasteiger partial charge >= 0.3 is 42.5 Å². The van der Waals surface area contributed by atoms with E-state index in [1.165, 1.54) is 12.1 Å². The minimum atomic E-state index is -6.71. The zero-order chi connectivity index (χ0) is 44.6. The highest BCUT2D eigenvalue weighted by Gasteiger charge is 2.73. The van der Waals surface area contributed by atoms with Crippen LogP contribution in [0.15, 0.2) is 54.9 Å². The van der Waals surface area contributed by atoms with E-state index < -0.39 is 101 Å². The molecule has 1 heterocycles. The van der Waals surface area contributed by atoms with Gasteiger partial charge in [0.25, 0.3) is 5.91 Å². The minimum absolute atomic E-state index is 0.0130. The molecule has 322 valence electrons. The highest BCUT2D eigenvalue weighted by Crippen LogP contribution is 2.55. The largest absolute Gasteiger partial charge is 0.573 e. The summed E-state index contributed by atoms with van der Waals surface area (Å²) in [6.45, 7) is -0.873. The molecule has 0 bridgehead atoms. The molecule has 2 aromatic carbocycles. The van der Waals surface area contributed by atoms with Crippen LogP contribution in [-0.4, -0.2) is 87.0 Å². The number of hydrogen-bond donors (Lipinski definition) is 1. The van der Waals surface area contributed by atoms with E-state index in [2.05, 4.69) is 9.84 Å². The number of amides is 1. The lowest BCUT2D eigenvalue weighted by Crippen LogP contribution is -2.50. The van der Waals surface area contributed by atoms with Crippen molar-refractivity contribution < 1.29 is 87.1 Å². The van der Waals surface area contributed by atoms with Crippen molar-refractivity contribution in [2.24, 2.45) is 0 Å². The molecule has 2 aliphatic carbocycles. The molecule has 0 saturated heterocycles. The third kappa shape index (κ3) is 9.65. The lowest BCUT2D eigenvalue weighted by molar-refractivity contribution is -0.348. The summed E-state index contributed by atoms with van der Waals surface area (Å²) in [6.07, 6.45) is -18.3. The van der Waals surface area contributed by atoms with Crippen LogP contribution in [0.5, 0.6) is 5.75 Å². The minimum Gasteiger partial charge on any atom is -0.478 e. The molecule has 0 radical (unpaired) electrons. The number of nitrogens with zero attached hydrogens (tertiary/aromatic N) is 4. The predicted molar refractivity (Wildman–Crippen MR) is 181 cm³/mol. The maximum Gasteiger partial charge on any atom is 0.573 e. The maximum atomic E-state index is 14.9. The lowest BCUT2D eigenvalue weighted by Gasteiger charge is -2.31. The monoisotopic (exact) mass is 904 g/mol. The number of carbonyl (C=O) groups excluding carboxylic acids is 3. The van der Waals surface area contributed by atoms with Crippen molar-refractivity contribution in [3.63, 3.8) is 0 Å². The van der Waals surface area contributed by atoms with Crippen LogP contribution in [0.1, 0.15) is 48.0 Å². The number of nitriles is 1. The van der Waals surface area contributed by atoms with E-state index in [1.807, 2.05) is 6.07 Å². The van der Waals surface area contributed by atoms with Crippen molar-refractivity contribution in [3.8, 4) is 28.6 Å². The Bertz CT molecular complexity index is 2240. The summed E-state index contributed by atoms with van der Waals surface area (Å²) in [6, 6.07) is 4.83. The van der Waals surface area contributed by atoms with E-state index in [-0.39, 0.29) is 53.5 Å². The number of carboxylic acid groups (broad SMARTS) is 1. The standard InChI is InChI=1S/C35H24Cl2F10N4O9/c36-21-5-4-17(18-13-49-51(14-18)28-22(37)11-19(12-25(28)60-35(45,46)47)32(38,33(39,40)41)34(42,43)44)10-20(21)29(55)50(31(15-48)8-9-31)16-57-30(56)59-24-3-1-2-23(24)58-27(54)7-6-26(52)53/h4-7,10-14,23-24H,1-3,8-9,16H2,(H,52,53)/b7-6+. The fraction of sp³-hybridized carbons (Fsp3) is 0.371. The van der Waals surface area contributed by atoms with Crippen LogP contribution < -0.4 is 4.74 Å². The van der Waals surface area contributed by atoms with Gasteiger partial charge in [-0.15, -0.1) is 13.2 Å². The fourth-order valence-corrected chi connectivity index (χ4v) is 6.49. The second-order valence-corrected chi connectivity index (χ2v) is 13.8. The van der Waals surface area contributed by atoms with Gasteiger partial charge in [-0.25, -0.2) is 23.5 Å². The molecule has 3 aromatic rings. The first-order valence-corrected chi connectivity index (χ1v) is 17.5. The van der Waals surface area contributed by atoms with Crippen LogP contribution in [0.25, 0.3) is 16.8 Å². The van der Waals surface area contributed by atoms with E-state index in [0.29, 0.717) is 23.3 Å². The number of esters is 1. The third-order valence-electron chi connectivity index (χ3n) is 9.05. The molecule has 0 aliphatic heterocycles. The molecule has 1 N–H and O–H groups in total. The number of carbonyl (C=O) groups is 4. The van der Waals surface area contributed by atoms with Crippen LogP contribution in [0.2, 0.25) is 10.0 Å². The van der Waals surface area contributed by atoms with Crippen molar-refractivity contribution in [2.45, 2.75) is 74.2 Å². The summed E-state index contributed by atoms with van der Waals surface area (Å²) in [7, 11) is 0. The zero-order valence-corrected chi connectivity index (χ0v) is 31.1. The fourth-order valence-electron chi connectivity index (χ4n) is 6.00. The Morgan fingerprint density at radius 1 is 0.917 bits per heavy atom. The summed E-state index contributed by atoms with van der Waals surface area (Å²) in [5, 5.41) is 20.8. The number of halogens is 12. The van der Waals surface area contributed by atoms with Crippen molar-refractivity contribution in [1.82, 2.24) is 14.7 Å². The van der Waals surface area contributed by atoms with Crippen LogP contribution in [0.3, 0.4) is 0 Å². The molecule has 5 rings (SSSR count). The van der Waals surface area contributed by atoms with Gasteiger partial charge in [-0.05, 0) is 61.9 Å². The van der Waals surface area contributed by atoms with Gasteiger partial charge in [0.15, 0.2) is 12.5 Å². The second-order valence-electron chi connectivity index (χ2n) is 13.0. The van der Waals surface area contributed by atoms with Gasteiger partial charge in [0.2, 0.25) is 0 Å². The van der Waals surface area contributed by atoms with Gasteiger partial charge < -0.3 is 24.1 Å². The van der Waals surface area contributed by atoms with E-state index in [4.69, 9.17) is 42.5 Å². The van der Waals surface area contributed by atoms with Crippen molar-refractivity contribution in [2.75, 3.05) is 6.73 Å². The van der Waals surface area contributed by atoms with Gasteiger partial charge in [-0.2, -0.15) is 36.7 Å². The van der Waals surface area contributed by atoms with Crippen molar-refractivity contribution >= 4 is 47.2 Å². The second kappa shape index (κ2) is 16.7. The maximum absolute atomic E-state index is 14.9.